The lowest BCUT2D eigenvalue weighted by Gasteiger charge is -2.16. The van der Waals surface area contributed by atoms with Gasteiger partial charge in [-0.15, -0.1) is 15.3 Å². The minimum atomic E-state index is -0.262. The molecule has 9 nitrogen and oxygen atoms in total. The summed E-state index contributed by atoms with van der Waals surface area (Å²) in [4.78, 5) is 12.3. The van der Waals surface area contributed by atoms with Crippen LogP contribution in [-0.2, 0) is 0 Å². The van der Waals surface area contributed by atoms with Crippen molar-refractivity contribution in [3.63, 3.8) is 0 Å². The Hall–Kier alpha value is -2.84. The van der Waals surface area contributed by atoms with Crippen molar-refractivity contribution in [2.45, 2.75) is 32.9 Å². The van der Waals surface area contributed by atoms with Gasteiger partial charge in [0, 0.05) is 12.2 Å². The van der Waals surface area contributed by atoms with Crippen LogP contribution < -0.4 is 5.32 Å². The molecule has 3 aromatic heterocycles. The highest BCUT2D eigenvalue weighted by atomic mass is 16.1. The van der Waals surface area contributed by atoms with Crippen LogP contribution in [0.1, 0.15) is 49.0 Å². The Kier molecular flexibility index (Phi) is 3.53. The average Bonchev–Trinajstić information content (AvgIpc) is 3.15. The molecule has 1 unspecified atom stereocenters. The number of nitrogens with one attached hydrogen (secondary N) is 1. The zero-order valence-corrected chi connectivity index (χ0v) is 12.5. The Morgan fingerprint density at radius 2 is 2.05 bits per heavy atom. The second-order valence-electron chi connectivity index (χ2n) is 5.28. The van der Waals surface area contributed by atoms with E-state index in [1.54, 1.807) is 24.7 Å². The summed E-state index contributed by atoms with van der Waals surface area (Å²) >= 11 is 0. The van der Waals surface area contributed by atoms with Crippen LogP contribution in [0, 0.1) is 0 Å². The number of hydrogen-bond acceptors (Lipinski definition) is 6. The van der Waals surface area contributed by atoms with E-state index in [0.717, 1.165) is 0 Å². The molecule has 0 aliphatic heterocycles. The highest BCUT2D eigenvalue weighted by Gasteiger charge is 2.18. The van der Waals surface area contributed by atoms with Gasteiger partial charge in [-0.25, -0.2) is 0 Å². The van der Waals surface area contributed by atoms with Gasteiger partial charge >= 0.3 is 0 Å². The maximum Gasteiger partial charge on any atom is 0.253 e. The van der Waals surface area contributed by atoms with Gasteiger partial charge in [0.2, 0.25) is 0 Å². The molecule has 0 spiro atoms. The first-order valence-corrected chi connectivity index (χ1v) is 6.94. The predicted octanol–water partition coefficient (Wildman–Crippen LogP) is 0.788. The number of hydrogen-bond donors (Lipinski definition) is 1. The number of tetrazole rings is 1. The molecule has 1 N–H and O–H groups in total. The van der Waals surface area contributed by atoms with E-state index in [0.29, 0.717) is 17.0 Å². The van der Waals surface area contributed by atoms with Crippen molar-refractivity contribution in [1.82, 2.24) is 40.1 Å². The molecule has 0 bridgehead atoms. The van der Waals surface area contributed by atoms with E-state index in [9.17, 15) is 4.79 Å². The van der Waals surface area contributed by atoms with Crippen molar-refractivity contribution in [1.29, 1.82) is 0 Å². The van der Waals surface area contributed by atoms with E-state index in [4.69, 9.17) is 0 Å². The molecule has 0 radical (unpaired) electrons. The second kappa shape index (κ2) is 5.51. The number of carbonyl (C=O) groups is 1. The van der Waals surface area contributed by atoms with Crippen LogP contribution in [-0.4, -0.2) is 40.7 Å². The molecular formula is C13H16N8O. The monoisotopic (exact) mass is 300 g/mol. The van der Waals surface area contributed by atoms with Crippen LogP contribution in [0.25, 0.3) is 5.65 Å². The summed E-state index contributed by atoms with van der Waals surface area (Å²) in [5.41, 5.74) is 1.06. The lowest BCUT2D eigenvalue weighted by molar-refractivity contribution is 0.0936. The second-order valence-corrected chi connectivity index (χ2v) is 5.28. The van der Waals surface area contributed by atoms with E-state index in [-0.39, 0.29) is 18.0 Å². The number of carbonyl (C=O) groups excluding carboxylic acids is 1. The van der Waals surface area contributed by atoms with Crippen molar-refractivity contribution in [3.05, 3.63) is 36.0 Å². The van der Waals surface area contributed by atoms with Gasteiger partial charge in [0.15, 0.2) is 11.5 Å². The molecule has 0 aliphatic rings. The fraction of sp³-hybridized carbons (Fsp3) is 0.385. The molecule has 3 heterocycles. The van der Waals surface area contributed by atoms with E-state index in [2.05, 4.69) is 31.0 Å². The summed E-state index contributed by atoms with van der Waals surface area (Å²) in [6, 6.07) is 3.33. The molecule has 114 valence electrons. The summed E-state index contributed by atoms with van der Waals surface area (Å²) in [6.45, 7) is 5.94. The van der Waals surface area contributed by atoms with Crippen molar-refractivity contribution in [3.8, 4) is 0 Å². The lowest BCUT2D eigenvalue weighted by atomic mass is 10.2. The van der Waals surface area contributed by atoms with Crippen molar-refractivity contribution in [2.75, 3.05) is 0 Å². The quantitative estimate of drug-likeness (QED) is 0.764. The molecule has 1 amide bonds. The zero-order valence-electron chi connectivity index (χ0n) is 12.5. The third kappa shape index (κ3) is 2.52. The topological polar surface area (TPSA) is 103 Å². The maximum atomic E-state index is 12.3. The first kappa shape index (κ1) is 14.1. The van der Waals surface area contributed by atoms with Crippen LogP contribution in [0.2, 0.25) is 0 Å². The van der Waals surface area contributed by atoms with E-state index in [1.807, 2.05) is 25.3 Å². The van der Waals surface area contributed by atoms with Gasteiger partial charge in [-0.3, -0.25) is 4.79 Å². The molecule has 1 atom stereocenters. The zero-order chi connectivity index (χ0) is 15.7. The van der Waals surface area contributed by atoms with Gasteiger partial charge in [0.05, 0.1) is 11.6 Å². The van der Waals surface area contributed by atoms with E-state index < -0.39 is 0 Å². The molecule has 22 heavy (non-hydrogen) atoms. The van der Waals surface area contributed by atoms with Gasteiger partial charge in [-0.05, 0) is 43.3 Å². The van der Waals surface area contributed by atoms with Gasteiger partial charge in [0.1, 0.15) is 6.33 Å². The van der Waals surface area contributed by atoms with Crippen molar-refractivity contribution in [2.24, 2.45) is 0 Å². The minimum absolute atomic E-state index is 0.219. The predicted molar refractivity (Wildman–Crippen MR) is 77.1 cm³/mol. The summed E-state index contributed by atoms with van der Waals surface area (Å²) in [5, 5.41) is 22.0. The molecule has 0 aliphatic carbocycles. The molecular weight excluding hydrogens is 284 g/mol. The van der Waals surface area contributed by atoms with Crippen molar-refractivity contribution < 1.29 is 4.79 Å². The Morgan fingerprint density at radius 1 is 1.23 bits per heavy atom. The number of amides is 1. The highest BCUT2D eigenvalue weighted by molar-refractivity contribution is 5.94. The molecule has 0 aromatic carbocycles. The summed E-state index contributed by atoms with van der Waals surface area (Å²) in [6.07, 6.45) is 3.25. The molecule has 9 heteroatoms. The fourth-order valence-electron chi connectivity index (χ4n) is 2.18. The number of aromatic nitrogens is 7. The smallest absolute Gasteiger partial charge is 0.253 e. The normalized spacial score (nSPS) is 12.7. The van der Waals surface area contributed by atoms with Crippen LogP contribution >= 0.6 is 0 Å². The Bertz CT molecular complexity index is 805. The van der Waals surface area contributed by atoms with Gasteiger partial charge in [0.25, 0.3) is 5.91 Å². The van der Waals surface area contributed by atoms with Gasteiger partial charge in [-0.2, -0.15) is 4.52 Å². The Morgan fingerprint density at radius 3 is 2.82 bits per heavy atom. The molecule has 0 saturated carbocycles. The minimum Gasteiger partial charge on any atom is -0.342 e. The fourth-order valence-corrected chi connectivity index (χ4v) is 2.18. The Balaban J connectivity index is 1.79. The number of nitrogens with zero attached hydrogens (tertiary/aromatic N) is 7. The van der Waals surface area contributed by atoms with Crippen LogP contribution in [0.3, 0.4) is 0 Å². The van der Waals surface area contributed by atoms with Crippen LogP contribution in [0.5, 0.6) is 0 Å². The summed E-state index contributed by atoms with van der Waals surface area (Å²) in [7, 11) is 0. The summed E-state index contributed by atoms with van der Waals surface area (Å²) in [5.74, 6) is 0.495. The van der Waals surface area contributed by atoms with Gasteiger partial charge in [-0.1, -0.05) is 0 Å². The third-order valence-electron chi connectivity index (χ3n) is 3.35. The number of rotatable bonds is 4. The van der Waals surface area contributed by atoms with Gasteiger partial charge < -0.3 is 9.88 Å². The van der Waals surface area contributed by atoms with Crippen LogP contribution in [0.15, 0.2) is 24.7 Å². The lowest BCUT2D eigenvalue weighted by Crippen LogP contribution is -2.29. The molecule has 3 aromatic rings. The van der Waals surface area contributed by atoms with Crippen LogP contribution in [0.4, 0.5) is 0 Å². The molecule has 0 saturated heterocycles. The first-order valence-electron chi connectivity index (χ1n) is 6.94. The van der Waals surface area contributed by atoms with E-state index >= 15 is 0 Å². The van der Waals surface area contributed by atoms with Crippen molar-refractivity contribution >= 4 is 11.6 Å². The van der Waals surface area contributed by atoms with E-state index in [1.165, 1.54) is 4.52 Å². The SMILES string of the molecule is CC(NC(=O)c1ccc2nnnn2c1)c1nncn1C(C)C. The molecule has 3 rings (SSSR count). The third-order valence-corrected chi connectivity index (χ3v) is 3.35. The largest absolute Gasteiger partial charge is 0.342 e. The summed E-state index contributed by atoms with van der Waals surface area (Å²) < 4.78 is 3.38. The average molecular weight is 300 g/mol. The maximum absolute atomic E-state index is 12.3. The standard InChI is InChI=1S/C13H16N8O/c1-8(2)20-7-14-17-12(20)9(3)15-13(22)10-4-5-11-16-18-19-21(11)6-10/h4-9H,1-3H3,(H,15,22). The number of fused-ring (bicyclic) bond motifs is 1. The first-order chi connectivity index (χ1) is 10.6. The molecule has 0 fully saturated rings. The Labute approximate surface area is 126 Å². The highest BCUT2D eigenvalue weighted by Crippen LogP contribution is 2.15. The number of pyridine rings is 1.